The van der Waals surface area contributed by atoms with Crippen molar-refractivity contribution in [2.45, 2.75) is 23.8 Å². The Morgan fingerprint density at radius 3 is 2.71 bits per heavy atom. The monoisotopic (exact) mass is 315 g/mol. The molecule has 1 atom stereocenters. The van der Waals surface area contributed by atoms with Gasteiger partial charge in [-0.15, -0.1) is 0 Å². The molecule has 1 aliphatic rings. The maximum Gasteiger partial charge on any atom is 0.293 e. The topological polar surface area (TPSA) is 111 Å². The molecular weight excluding hydrogens is 298 g/mol. The Kier molecular flexibility index (Phi) is 4.17. The molecule has 1 aliphatic heterocycles. The van der Waals surface area contributed by atoms with E-state index in [9.17, 15) is 18.5 Å². The molecule has 1 saturated heterocycles. The summed E-state index contributed by atoms with van der Waals surface area (Å²) in [6, 6.07) is 3.67. The third-order valence-electron chi connectivity index (χ3n) is 3.40. The van der Waals surface area contributed by atoms with E-state index in [1.807, 2.05) is 0 Å². The maximum absolute atomic E-state index is 12.4. The number of nitrogens with zero attached hydrogens (tertiary/aromatic N) is 1. The zero-order valence-corrected chi connectivity index (χ0v) is 12.6. The molecule has 2 N–H and O–H groups in total. The lowest BCUT2D eigenvalue weighted by molar-refractivity contribution is -0.387. The van der Waals surface area contributed by atoms with Crippen molar-refractivity contribution >= 4 is 15.7 Å². The number of hydrogen-bond acceptors (Lipinski definition) is 6. The van der Waals surface area contributed by atoms with Crippen LogP contribution in [0.25, 0.3) is 0 Å². The van der Waals surface area contributed by atoms with Crippen LogP contribution in [0, 0.1) is 10.1 Å². The molecule has 0 aromatic heterocycles. The molecule has 8 nitrogen and oxygen atoms in total. The van der Waals surface area contributed by atoms with Gasteiger partial charge in [-0.1, -0.05) is 0 Å². The Balaban J connectivity index is 2.42. The van der Waals surface area contributed by atoms with Gasteiger partial charge in [0.1, 0.15) is 5.75 Å². The lowest BCUT2D eigenvalue weighted by Crippen LogP contribution is -2.47. The summed E-state index contributed by atoms with van der Waals surface area (Å²) < 4.78 is 32.3. The van der Waals surface area contributed by atoms with Crippen LogP contribution in [0.3, 0.4) is 0 Å². The van der Waals surface area contributed by atoms with Crippen LogP contribution < -0.4 is 14.8 Å². The van der Waals surface area contributed by atoms with Gasteiger partial charge in [-0.25, -0.2) is 13.1 Å². The predicted octanol–water partition coefficient (Wildman–Crippen LogP) is 0.634. The van der Waals surface area contributed by atoms with Crippen molar-refractivity contribution in [3.63, 3.8) is 0 Å². The van der Waals surface area contributed by atoms with E-state index in [2.05, 4.69) is 10.0 Å². The van der Waals surface area contributed by atoms with Crippen LogP contribution in [-0.2, 0) is 10.0 Å². The number of nitrogens with one attached hydrogen (secondary N) is 2. The van der Waals surface area contributed by atoms with Crippen molar-refractivity contribution in [3.8, 4) is 5.75 Å². The van der Waals surface area contributed by atoms with Crippen LogP contribution in [0.2, 0.25) is 0 Å². The van der Waals surface area contributed by atoms with Gasteiger partial charge in [-0.3, -0.25) is 10.1 Å². The quantitative estimate of drug-likeness (QED) is 0.609. The molecule has 1 aromatic carbocycles. The van der Waals surface area contributed by atoms with E-state index < -0.39 is 26.2 Å². The number of ether oxygens (including phenoxy) is 1. The van der Waals surface area contributed by atoms with Gasteiger partial charge in [-0.05, 0) is 32.0 Å². The summed E-state index contributed by atoms with van der Waals surface area (Å²) >= 11 is 0. The maximum atomic E-state index is 12.4. The Labute approximate surface area is 122 Å². The first kappa shape index (κ1) is 15.7. The molecule has 9 heteroatoms. The fourth-order valence-corrected chi connectivity index (χ4v) is 3.87. The summed E-state index contributed by atoms with van der Waals surface area (Å²) in [6.45, 7) is 2.94. The van der Waals surface area contributed by atoms with E-state index in [1.54, 1.807) is 6.92 Å². The van der Waals surface area contributed by atoms with E-state index in [4.69, 9.17) is 4.74 Å². The Hall–Kier alpha value is -1.71. The summed E-state index contributed by atoms with van der Waals surface area (Å²) in [5.74, 6) is 0.231. The number of sulfonamides is 1. The van der Waals surface area contributed by atoms with Gasteiger partial charge < -0.3 is 10.1 Å². The highest BCUT2D eigenvalue weighted by Crippen LogP contribution is 2.29. The van der Waals surface area contributed by atoms with Gasteiger partial charge in [0.15, 0.2) is 4.90 Å². The van der Waals surface area contributed by atoms with Gasteiger partial charge in [-0.2, -0.15) is 0 Å². The molecule has 0 spiro atoms. The first-order valence-electron chi connectivity index (χ1n) is 6.34. The number of methoxy groups -OCH3 is 1. The van der Waals surface area contributed by atoms with Crippen LogP contribution >= 0.6 is 0 Å². The minimum Gasteiger partial charge on any atom is -0.497 e. The molecule has 116 valence electrons. The summed E-state index contributed by atoms with van der Waals surface area (Å²) in [5.41, 5.74) is -1.15. The molecule has 0 radical (unpaired) electrons. The molecule has 21 heavy (non-hydrogen) atoms. The lowest BCUT2D eigenvalue weighted by atomic mass is 10.0. The van der Waals surface area contributed by atoms with Crippen LogP contribution in [0.1, 0.15) is 13.3 Å². The van der Waals surface area contributed by atoms with E-state index in [-0.39, 0.29) is 10.6 Å². The molecule has 1 fully saturated rings. The molecule has 1 heterocycles. The highest BCUT2D eigenvalue weighted by Gasteiger charge is 2.36. The molecule has 0 bridgehead atoms. The standard InChI is InChI=1S/C12H17N3O5S/c1-12(5-6-13-8-12)14-21(18,19)11-4-3-9(20-2)7-10(11)15(16)17/h3-4,7,13-14H,5-6,8H2,1-2H3. The highest BCUT2D eigenvalue weighted by molar-refractivity contribution is 7.89. The van der Waals surface area contributed by atoms with Crippen LogP contribution in [0.4, 0.5) is 5.69 Å². The second kappa shape index (κ2) is 5.58. The molecular formula is C12H17N3O5S. The second-order valence-corrected chi connectivity index (χ2v) is 6.83. The fourth-order valence-electron chi connectivity index (χ4n) is 2.28. The van der Waals surface area contributed by atoms with Gasteiger partial charge >= 0.3 is 0 Å². The molecule has 1 unspecified atom stereocenters. The zero-order chi connectivity index (χ0) is 15.7. The number of hydrogen-bond donors (Lipinski definition) is 2. The summed E-state index contributed by atoms with van der Waals surface area (Å²) in [6.07, 6.45) is 0.621. The largest absolute Gasteiger partial charge is 0.497 e. The average Bonchev–Trinajstić information content (AvgIpc) is 2.83. The number of nitro benzene ring substituents is 1. The van der Waals surface area contributed by atoms with Gasteiger partial charge in [0.05, 0.1) is 18.1 Å². The number of rotatable bonds is 5. The molecule has 1 aromatic rings. The van der Waals surface area contributed by atoms with Crippen molar-refractivity contribution in [3.05, 3.63) is 28.3 Å². The predicted molar refractivity (Wildman–Crippen MR) is 75.9 cm³/mol. The first-order chi connectivity index (χ1) is 9.77. The van der Waals surface area contributed by atoms with Crippen molar-refractivity contribution in [1.82, 2.24) is 10.0 Å². The van der Waals surface area contributed by atoms with Crippen LogP contribution in [-0.4, -0.2) is 39.1 Å². The SMILES string of the molecule is COc1ccc(S(=O)(=O)NC2(C)CCNC2)c([N+](=O)[O-])c1. The molecule has 0 amide bonds. The van der Waals surface area contributed by atoms with Crippen molar-refractivity contribution in [1.29, 1.82) is 0 Å². The Morgan fingerprint density at radius 2 is 2.19 bits per heavy atom. The van der Waals surface area contributed by atoms with E-state index in [0.717, 1.165) is 6.07 Å². The van der Waals surface area contributed by atoms with E-state index in [0.29, 0.717) is 19.5 Å². The first-order valence-corrected chi connectivity index (χ1v) is 7.83. The third-order valence-corrected chi connectivity index (χ3v) is 5.09. The number of benzene rings is 1. The van der Waals surface area contributed by atoms with Crippen LogP contribution in [0.5, 0.6) is 5.75 Å². The van der Waals surface area contributed by atoms with Gasteiger partial charge in [0.2, 0.25) is 10.0 Å². The summed E-state index contributed by atoms with van der Waals surface area (Å²) in [5, 5.41) is 14.2. The molecule has 0 aliphatic carbocycles. The highest BCUT2D eigenvalue weighted by atomic mass is 32.2. The van der Waals surface area contributed by atoms with Crippen molar-refractivity contribution < 1.29 is 18.1 Å². The lowest BCUT2D eigenvalue weighted by Gasteiger charge is -2.24. The summed E-state index contributed by atoms with van der Waals surface area (Å²) in [7, 11) is -2.63. The van der Waals surface area contributed by atoms with Crippen molar-refractivity contribution in [2.75, 3.05) is 20.2 Å². The second-order valence-electron chi connectivity index (χ2n) is 5.18. The van der Waals surface area contributed by atoms with E-state index >= 15 is 0 Å². The van der Waals surface area contributed by atoms with E-state index in [1.165, 1.54) is 19.2 Å². The van der Waals surface area contributed by atoms with Gasteiger partial charge in [0, 0.05) is 12.1 Å². The normalized spacial score (nSPS) is 22.2. The summed E-state index contributed by atoms with van der Waals surface area (Å²) in [4.78, 5) is 10.0. The minimum absolute atomic E-state index is 0.231. The Bertz CT molecular complexity index is 653. The zero-order valence-electron chi connectivity index (χ0n) is 11.8. The minimum atomic E-state index is -3.99. The van der Waals surface area contributed by atoms with Crippen LogP contribution in [0.15, 0.2) is 23.1 Å². The van der Waals surface area contributed by atoms with Gasteiger partial charge in [0.25, 0.3) is 5.69 Å². The third kappa shape index (κ3) is 3.31. The number of nitro groups is 1. The Morgan fingerprint density at radius 1 is 1.48 bits per heavy atom. The molecule has 0 saturated carbocycles. The molecule has 2 rings (SSSR count). The fraction of sp³-hybridized carbons (Fsp3) is 0.500. The smallest absolute Gasteiger partial charge is 0.293 e. The van der Waals surface area contributed by atoms with Crippen molar-refractivity contribution in [2.24, 2.45) is 0 Å². The average molecular weight is 315 g/mol.